The Labute approximate surface area is 125 Å². The molecule has 6 nitrogen and oxygen atoms in total. The highest BCUT2D eigenvalue weighted by Crippen LogP contribution is 2.28. The minimum Gasteiger partial charge on any atom is -0.481 e. The maximum Gasteiger partial charge on any atom is 0.313 e. The molecule has 2 heterocycles. The first kappa shape index (κ1) is 13.7. The van der Waals surface area contributed by atoms with E-state index in [1.807, 2.05) is 49.0 Å². The number of aliphatic carboxylic acids is 1. The molecule has 21 heavy (non-hydrogen) atoms. The van der Waals surface area contributed by atoms with E-state index in [2.05, 4.69) is 10.1 Å². The van der Waals surface area contributed by atoms with Gasteiger partial charge in [0, 0.05) is 13.2 Å². The lowest BCUT2D eigenvalue weighted by Gasteiger charge is -2.06. The molecule has 108 valence electrons. The van der Waals surface area contributed by atoms with Crippen LogP contribution >= 0.6 is 11.8 Å². The van der Waals surface area contributed by atoms with Crippen molar-refractivity contribution in [2.75, 3.05) is 5.75 Å². The quantitative estimate of drug-likeness (QED) is 0.748. The first-order valence-electron chi connectivity index (χ1n) is 6.39. The van der Waals surface area contributed by atoms with Crippen LogP contribution in [0.1, 0.15) is 5.69 Å². The molecule has 0 aliphatic carbocycles. The van der Waals surface area contributed by atoms with Crippen molar-refractivity contribution in [3.63, 3.8) is 0 Å². The summed E-state index contributed by atoms with van der Waals surface area (Å²) in [4.78, 5) is 15.4. The third-order valence-electron chi connectivity index (χ3n) is 3.08. The molecule has 0 aliphatic heterocycles. The molecule has 7 heteroatoms. The fraction of sp³-hybridized carbons (Fsp3) is 0.214. The van der Waals surface area contributed by atoms with Gasteiger partial charge in [-0.05, 0) is 19.1 Å². The molecule has 0 aliphatic rings. The lowest BCUT2D eigenvalue weighted by atomic mass is 10.3. The molecule has 0 spiro atoms. The van der Waals surface area contributed by atoms with Crippen LogP contribution < -0.4 is 0 Å². The fourth-order valence-corrected chi connectivity index (χ4v) is 3.01. The SMILES string of the molecule is Cc1nn(C)cc1-n1c(SCC(=O)O)nc2ccccc21. The van der Waals surface area contributed by atoms with Gasteiger partial charge in [0.05, 0.1) is 28.2 Å². The summed E-state index contributed by atoms with van der Waals surface area (Å²) in [6.45, 7) is 1.93. The van der Waals surface area contributed by atoms with Crippen LogP contribution in [0.4, 0.5) is 0 Å². The summed E-state index contributed by atoms with van der Waals surface area (Å²) in [5.41, 5.74) is 3.58. The van der Waals surface area contributed by atoms with E-state index in [0.29, 0.717) is 5.16 Å². The minimum absolute atomic E-state index is 0.0252. The molecule has 0 unspecified atom stereocenters. The second-order valence-electron chi connectivity index (χ2n) is 4.67. The molecule has 0 atom stereocenters. The lowest BCUT2D eigenvalue weighted by molar-refractivity contribution is -0.133. The summed E-state index contributed by atoms with van der Waals surface area (Å²) >= 11 is 1.21. The van der Waals surface area contributed by atoms with E-state index < -0.39 is 5.97 Å². The molecule has 1 aromatic carbocycles. The van der Waals surface area contributed by atoms with Crippen molar-refractivity contribution >= 4 is 28.8 Å². The van der Waals surface area contributed by atoms with Gasteiger partial charge in [0.1, 0.15) is 0 Å². The van der Waals surface area contributed by atoms with Crippen molar-refractivity contribution in [2.45, 2.75) is 12.1 Å². The Morgan fingerprint density at radius 2 is 2.14 bits per heavy atom. The zero-order chi connectivity index (χ0) is 15.0. The number of rotatable bonds is 4. The number of nitrogens with zero attached hydrogens (tertiary/aromatic N) is 4. The first-order valence-corrected chi connectivity index (χ1v) is 7.37. The number of benzene rings is 1. The summed E-state index contributed by atoms with van der Waals surface area (Å²) in [5.74, 6) is -0.885. The summed E-state index contributed by atoms with van der Waals surface area (Å²) < 4.78 is 3.70. The summed E-state index contributed by atoms with van der Waals surface area (Å²) in [6.07, 6.45) is 1.91. The molecular formula is C14H14N4O2S. The van der Waals surface area contributed by atoms with Gasteiger partial charge in [0.25, 0.3) is 0 Å². The molecule has 2 aromatic heterocycles. The third-order valence-corrected chi connectivity index (χ3v) is 4.01. The standard InChI is InChI=1S/C14H14N4O2S/c1-9-12(7-17(2)16-9)18-11-6-4-3-5-10(11)15-14(18)21-8-13(19)20/h3-7H,8H2,1-2H3,(H,19,20). The average Bonchev–Trinajstić information content (AvgIpc) is 2.95. The second-order valence-corrected chi connectivity index (χ2v) is 5.62. The molecule has 1 N–H and O–H groups in total. The van der Waals surface area contributed by atoms with Gasteiger partial charge in [-0.1, -0.05) is 23.9 Å². The van der Waals surface area contributed by atoms with E-state index in [1.165, 1.54) is 11.8 Å². The Morgan fingerprint density at radius 3 is 2.81 bits per heavy atom. The first-order chi connectivity index (χ1) is 10.1. The fourth-order valence-electron chi connectivity index (χ4n) is 2.27. The normalized spacial score (nSPS) is 11.1. The molecular weight excluding hydrogens is 288 g/mol. The smallest absolute Gasteiger partial charge is 0.313 e. The number of para-hydroxylation sites is 2. The molecule has 0 radical (unpaired) electrons. The van der Waals surface area contributed by atoms with Crippen LogP contribution in [0.15, 0.2) is 35.6 Å². The van der Waals surface area contributed by atoms with Crippen LogP contribution in [-0.2, 0) is 11.8 Å². The number of fused-ring (bicyclic) bond motifs is 1. The molecule has 0 fully saturated rings. The van der Waals surface area contributed by atoms with Gasteiger partial charge in [-0.3, -0.25) is 14.0 Å². The largest absolute Gasteiger partial charge is 0.481 e. The van der Waals surface area contributed by atoms with Crippen molar-refractivity contribution in [1.29, 1.82) is 0 Å². The predicted molar refractivity (Wildman–Crippen MR) is 80.9 cm³/mol. The summed E-state index contributed by atoms with van der Waals surface area (Å²) in [5, 5.41) is 13.9. The highest BCUT2D eigenvalue weighted by atomic mass is 32.2. The van der Waals surface area contributed by atoms with Crippen molar-refractivity contribution in [3.05, 3.63) is 36.2 Å². The lowest BCUT2D eigenvalue weighted by Crippen LogP contribution is -2.02. The number of carbonyl (C=O) groups is 1. The monoisotopic (exact) mass is 302 g/mol. The molecule has 0 amide bonds. The van der Waals surface area contributed by atoms with E-state index in [4.69, 9.17) is 5.11 Å². The number of imidazole rings is 1. The van der Waals surface area contributed by atoms with Gasteiger partial charge < -0.3 is 5.11 Å². The molecule has 3 rings (SSSR count). The van der Waals surface area contributed by atoms with Crippen LogP contribution in [0.3, 0.4) is 0 Å². The Bertz CT molecular complexity index is 822. The number of thioether (sulfide) groups is 1. The summed E-state index contributed by atoms with van der Waals surface area (Å²) in [7, 11) is 1.86. The Kier molecular flexibility index (Phi) is 3.42. The Morgan fingerprint density at radius 1 is 1.38 bits per heavy atom. The average molecular weight is 302 g/mol. The van der Waals surface area contributed by atoms with Gasteiger partial charge in [-0.25, -0.2) is 4.98 Å². The highest BCUT2D eigenvalue weighted by molar-refractivity contribution is 7.99. The van der Waals surface area contributed by atoms with Crippen LogP contribution in [0.25, 0.3) is 16.7 Å². The van der Waals surface area contributed by atoms with Gasteiger partial charge in [0.2, 0.25) is 0 Å². The highest BCUT2D eigenvalue weighted by Gasteiger charge is 2.17. The van der Waals surface area contributed by atoms with E-state index in [0.717, 1.165) is 22.4 Å². The Hall–Kier alpha value is -2.28. The second kappa shape index (κ2) is 5.25. The van der Waals surface area contributed by atoms with Crippen molar-refractivity contribution in [3.8, 4) is 5.69 Å². The van der Waals surface area contributed by atoms with Gasteiger partial charge >= 0.3 is 5.97 Å². The van der Waals surface area contributed by atoms with Crippen molar-refractivity contribution in [2.24, 2.45) is 7.05 Å². The van der Waals surface area contributed by atoms with Gasteiger partial charge in [-0.2, -0.15) is 5.10 Å². The van der Waals surface area contributed by atoms with Gasteiger partial charge in [-0.15, -0.1) is 0 Å². The minimum atomic E-state index is -0.860. The topological polar surface area (TPSA) is 72.9 Å². The van der Waals surface area contributed by atoms with Crippen LogP contribution in [0.5, 0.6) is 0 Å². The van der Waals surface area contributed by atoms with Gasteiger partial charge in [0.15, 0.2) is 5.16 Å². The number of carboxylic acid groups (broad SMARTS) is 1. The van der Waals surface area contributed by atoms with E-state index >= 15 is 0 Å². The van der Waals surface area contributed by atoms with Crippen molar-refractivity contribution < 1.29 is 9.90 Å². The zero-order valence-electron chi connectivity index (χ0n) is 11.6. The predicted octanol–water partition coefficient (Wildman–Crippen LogP) is 2.24. The zero-order valence-corrected chi connectivity index (χ0v) is 12.5. The molecule has 0 saturated carbocycles. The van der Waals surface area contributed by atoms with E-state index in [9.17, 15) is 4.79 Å². The van der Waals surface area contributed by atoms with Crippen LogP contribution in [-0.4, -0.2) is 36.2 Å². The number of aromatic nitrogens is 4. The third kappa shape index (κ3) is 2.52. The number of hydrogen-bond acceptors (Lipinski definition) is 4. The molecule has 0 bridgehead atoms. The molecule has 0 saturated heterocycles. The van der Waals surface area contributed by atoms with Crippen molar-refractivity contribution in [1.82, 2.24) is 19.3 Å². The number of aryl methyl sites for hydroxylation is 2. The van der Waals surface area contributed by atoms with Crippen LogP contribution in [0.2, 0.25) is 0 Å². The Balaban J connectivity index is 2.20. The van der Waals surface area contributed by atoms with E-state index in [-0.39, 0.29) is 5.75 Å². The molecule has 3 aromatic rings. The number of hydrogen-bond donors (Lipinski definition) is 1. The maximum atomic E-state index is 10.8. The maximum absolute atomic E-state index is 10.8. The van der Waals surface area contributed by atoms with Crippen LogP contribution in [0, 0.1) is 6.92 Å². The summed E-state index contributed by atoms with van der Waals surface area (Å²) in [6, 6.07) is 7.75. The number of carboxylic acids is 1. The van der Waals surface area contributed by atoms with E-state index in [1.54, 1.807) is 4.68 Å².